The molecule has 1 atom stereocenters. The third-order valence-corrected chi connectivity index (χ3v) is 9.16. The van der Waals surface area contributed by atoms with Gasteiger partial charge in [0.25, 0.3) is 10.0 Å². The number of rotatable bonds is 11. The molecule has 0 aliphatic heterocycles. The van der Waals surface area contributed by atoms with Gasteiger partial charge in [0.1, 0.15) is 12.6 Å². The summed E-state index contributed by atoms with van der Waals surface area (Å²) in [5.41, 5.74) is 5.84. The molecule has 224 valence electrons. The van der Waals surface area contributed by atoms with E-state index in [1.807, 2.05) is 88.4 Å². The van der Waals surface area contributed by atoms with Crippen molar-refractivity contribution in [1.29, 1.82) is 0 Å². The highest BCUT2D eigenvalue weighted by atomic mass is 32.2. The van der Waals surface area contributed by atoms with E-state index in [0.29, 0.717) is 5.69 Å². The number of carbonyl (C=O) groups excluding carboxylic acids is 2. The third-order valence-electron chi connectivity index (χ3n) is 7.37. The maximum absolute atomic E-state index is 14.4. The second-order valence-corrected chi connectivity index (χ2v) is 12.9. The van der Waals surface area contributed by atoms with Gasteiger partial charge >= 0.3 is 0 Å². The summed E-state index contributed by atoms with van der Waals surface area (Å²) in [4.78, 5) is 29.3. The van der Waals surface area contributed by atoms with Gasteiger partial charge in [0.15, 0.2) is 0 Å². The zero-order valence-electron chi connectivity index (χ0n) is 25.4. The fraction of sp³-hybridized carbons (Fsp3) is 0.257. The standard InChI is InChI=1S/C35H39N3O4S/c1-25-11-15-30(16-12-25)23-37(33(35(40)36-5)22-29-9-7-6-8-10-29)34(39)24-38(31-20-27(3)19-28(4)21-31)43(41,42)32-17-13-26(2)14-18-32/h6-21,33H,22-24H2,1-5H3,(H,36,40)/t33-/m1/s1. The van der Waals surface area contributed by atoms with E-state index in [2.05, 4.69) is 5.32 Å². The number of amides is 2. The van der Waals surface area contributed by atoms with Crippen LogP contribution in [0.4, 0.5) is 5.69 Å². The van der Waals surface area contributed by atoms with Gasteiger partial charge < -0.3 is 10.2 Å². The van der Waals surface area contributed by atoms with Gasteiger partial charge in [-0.05, 0) is 74.2 Å². The number of nitrogens with zero attached hydrogens (tertiary/aromatic N) is 2. The molecule has 0 radical (unpaired) electrons. The summed E-state index contributed by atoms with van der Waals surface area (Å²) >= 11 is 0. The number of aryl methyl sites for hydroxylation is 4. The minimum absolute atomic E-state index is 0.0854. The van der Waals surface area contributed by atoms with E-state index in [4.69, 9.17) is 0 Å². The molecule has 0 aliphatic rings. The smallest absolute Gasteiger partial charge is 0.264 e. The Hall–Kier alpha value is -4.43. The maximum atomic E-state index is 14.4. The highest BCUT2D eigenvalue weighted by Crippen LogP contribution is 2.27. The monoisotopic (exact) mass is 597 g/mol. The van der Waals surface area contributed by atoms with Crippen molar-refractivity contribution >= 4 is 27.5 Å². The van der Waals surface area contributed by atoms with Crippen molar-refractivity contribution in [1.82, 2.24) is 10.2 Å². The maximum Gasteiger partial charge on any atom is 0.264 e. The van der Waals surface area contributed by atoms with Crippen LogP contribution in [0.25, 0.3) is 0 Å². The van der Waals surface area contributed by atoms with Crippen molar-refractivity contribution in [3.8, 4) is 0 Å². The van der Waals surface area contributed by atoms with Gasteiger partial charge in [0.2, 0.25) is 11.8 Å². The van der Waals surface area contributed by atoms with Gasteiger partial charge in [-0.15, -0.1) is 0 Å². The molecule has 2 amide bonds. The molecule has 0 unspecified atom stereocenters. The van der Waals surface area contributed by atoms with E-state index in [-0.39, 0.29) is 23.8 Å². The quantitative estimate of drug-likeness (QED) is 0.247. The van der Waals surface area contributed by atoms with Gasteiger partial charge in [-0.3, -0.25) is 13.9 Å². The highest BCUT2D eigenvalue weighted by molar-refractivity contribution is 7.92. The average molecular weight is 598 g/mol. The van der Waals surface area contributed by atoms with E-state index in [9.17, 15) is 18.0 Å². The first-order chi connectivity index (χ1) is 20.5. The highest BCUT2D eigenvalue weighted by Gasteiger charge is 2.34. The number of likely N-dealkylation sites (N-methyl/N-ethyl adjacent to an activating group) is 1. The van der Waals surface area contributed by atoms with Crippen molar-refractivity contribution in [2.45, 2.75) is 51.6 Å². The van der Waals surface area contributed by atoms with Crippen molar-refractivity contribution in [3.05, 3.63) is 130 Å². The van der Waals surface area contributed by atoms with E-state index in [0.717, 1.165) is 37.7 Å². The third kappa shape index (κ3) is 7.90. The van der Waals surface area contributed by atoms with Crippen LogP contribution < -0.4 is 9.62 Å². The van der Waals surface area contributed by atoms with Gasteiger partial charge in [-0.2, -0.15) is 0 Å². The first-order valence-corrected chi connectivity index (χ1v) is 15.7. The lowest BCUT2D eigenvalue weighted by atomic mass is 10.0. The molecule has 4 aromatic carbocycles. The molecule has 0 bridgehead atoms. The summed E-state index contributed by atoms with van der Waals surface area (Å²) in [6.45, 7) is 7.30. The molecule has 0 spiro atoms. The Morgan fingerprint density at radius 1 is 0.721 bits per heavy atom. The van der Waals surface area contributed by atoms with Crippen molar-refractivity contribution in [2.75, 3.05) is 17.9 Å². The number of carbonyl (C=O) groups is 2. The Morgan fingerprint density at radius 2 is 1.28 bits per heavy atom. The van der Waals surface area contributed by atoms with Crippen LogP contribution in [0.3, 0.4) is 0 Å². The predicted molar refractivity (Wildman–Crippen MR) is 171 cm³/mol. The minimum atomic E-state index is -4.14. The Balaban J connectivity index is 1.80. The van der Waals surface area contributed by atoms with E-state index < -0.39 is 28.5 Å². The molecule has 1 N–H and O–H groups in total. The molecule has 7 nitrogen and oxygen atoms in total. The Morgan fingerprint density at radius 3 is 1.84 bits per heavy atom. The van der Waals surface area contributed by atoms with Crippen LogP contribution in [0, 0.1) is 27.7 Å². The lowest BCUT2D eigenvalue weighted by Gasteiger charge is -2.33. The predicted octanol–water partition coefficient (Wildman–Crippen LogP) is 5.50. The molecule has 4 rings (SSSR count). The molecule has 43 heavy (non-hydrogen) atoms. The fourth-order valence-corrected chi connectivity index (χ4v) is 6.47. The second kappa shape index (κ2) is 13.7. The van der Waals surface area contributed by atoms with Crippen LogP contribution in [0.2, 0.25) is 0 Å². The van der Waals surface area contributed by atoms with Crippen molar-refractivity contribution < 1.29 is 18.0 Å². The molecule has 0 saturated heterocycles. The number of hydrogen-bond donors (Lipinski definition) is 1. The molecular weight excluding hydrogens is 558 g/mol. The topological polar surface area (TPSA) is 86.8 Å². The van der Waals surface area contributed by atoms with Crippen LogP contribution >= 0.6 is 0 Å². The normalized spacial score (nSPS) is 11.9. The first-order valence-electron chi connectivity index (χ1n) is 14.3. The SMILES string of the molecule is CNC(=O)[C@@H](Cc1ccccc1)N(Cc1ccc(C)cc1)C(=O)CN(c1cc(C)cc(C)c1)S(=O)(=O)c1ccc(C)cc1. The second-order valence-electron chi connectivity index (χ2n) is 11.0. The average Bonchev–Trinajstić information content (AvgIpc) is 2.98. The van der Waals surface area contributed by atoms with Gasteiger partial charge in [0.05, 0.1) is 10.6 Å². The minimum Gasteiger partial charge on any atom is -0.357 e. The molecule has 0 heterocycles. The van der Waals surface area contributed by atoms with E-state index in [1.54, 1.807) is 43.4 Å². The zero-order valence-corrected chi connectivity index (χ0v) is 26.2. The molecule has 8 heteroatoms. The van der Waals surface area contributed by atoms with Gasteiger partial charge in [-0.25, -0.2) is 8.42 Å². The number of sulfonamides is 1. The number of nitrogens with one attached hydrogen (secondary N) is 1. The summed E-state index contributed by atoms with van der Waals surface area (Å²) in [7, 11) is -2.60. The summed E-state index contributed by atoms with van der Waals surface area (Å²) in [6, 6.07) is 28.4. The Bertz CT molecular complexity index is 1650. The Labute approximate surface area is 255 Å². The fourth-order valence-electron chi connectivity index (χ4n) is 5.07. The van der Waals surface area contributed by atoms with Crippen LogP contribution in [0.15, 0.2) is 102 Å². The molecule has 4 aromatic rings. The van der Waals surface area contributed by atoms with Crippen LogP contribution in [-0.2, 0) is 32.6 Å². The number of benzene rings is 4. The van der Waals surface area contributed by atoms with E-state index in [1.165, 1.54) is 4.90 Å². The summed E-state index contributed by atoms with van der Waals surface area (Å²) in [5, 5.41) is 2.71. The van der Waals surface area contributed by atoms with E-state index >= 15 is 0 Å². The lowest BCUT2D eigenvalue weighted by Crippen LogP contribution is -2.53. The summed E-state index contributed by atoms with van der Waals surface area (Å²) in [5.74, 6) is -0.816. The molecule has 0 aliphatic carbocycles. The van der Waals surface area contributed by atoms with Crippen LogP contribution in [-0.4, -0.2) is 44.8 Å². The molecule has 0 saturated carbocycles. The molecular formula is C35H39N3O4S. The van der Waals surface area contributed by atoms with Crippen molar-refractivity contribution in [2.24, 2.45) is 0 Å². The lowest BCUT2D eigenvalue weighted by molar-refractivity contribution is -0.139. The van der Waals surface area contributed by atoms with Crippen LogP contribution in [0.1, 0.15) is 33.4 Å². The molecule has 0 fully saturated rings. The molecule has 0 aromatic heterocycles. The number of hydrogen-bond acceptors (Lipinski definition) is 4. The van der Waals surface area contributed by atoms with Crippen LogP contribution in [0.5, 0.6) is 0 Å². The summed E-state index contributed by atoms with van der Waals surface area (Å²) < 4.78 is 29.5. The summed E-state index contributed by atoms with van der Waals surface area (Å²) in [6.07, 6.45) is 0.270. The van der Waals surface area contributed by atoms with Crippen molar-refractivity contribution in [3.63, 3.8) is 0 Å². The number of anilines is 1. The van der Waals surface area contributed by atoms with Gasteiger partial charge in [0, 0.05) is 20.0 Å². The first kappa shape index (κ1) is 31.5. The largest absolute Gasteiger partial charge is 0.357 e. The zero-order chi connectivity index (χ0) is 31.1. The van der Waals surface area contributed by atoms with Gasteiger partial charge in [-0.1, -0.05) is 83.9 Å². The Kier molecular flexibility index (Phi) is 10.0.